The maximum absolute atomic E-state index is 11.9. The van der Waals surface area contributed by atoms with Crippen LogP contribution in [0.4, 0.5) is 16.2 Å². The summed E-state index contributed by atoms with van der Waals surface area (Å²) in [6.45, 7) is 8.68. The molecule has 1 N–H and O–H groups in total. The molecule has 138 valence electrons. The summed E-state index contributed by atoms with van der Waals surface area (Å²) in [7, 11) is 0. The molecule has 25 heavy (non-hydrogen) atoms. The molecule has 1 aromatic carbocycles. The van der Waals surface area contributed by atoms with Crippen molar-refractivity contribution >= 4 is 29.1 Å². The van der Waals surface area contributed by atoms with E-state index < -0.39 is 16.6 Å². The van der Waals surface area contributed by atoms with Crippen molar-refractivity contribution in [3.8, 4) is 0 Å². The number of hydrogen-bond donors (Lipinski definition) is 1. The Morgan fingerprint density at radius 3 is 2.76 bits per heavy atom. The lowest BCUT2D eigenvalue weighted by Crippen LogP contribution is -2.42. The van der Waals surface area contributed by atoms with Gasteiger partial charge in [-0.3, -0.25) is 10.1 Å². The van der Waals surface area contributed by atoms with Crippen LogP contribution in [0.3, 0.4) is 0 Å². The number of amides is 1. The molecule has 0 aliphatic carbocycles. The molecule has 8 heteroatoms. The van der Waals surface area contributed by atoms with Crippen LogP contribution in [0, 0.1) is 16.0 Å². The number of carbonyl (C=O) groups excluding carboxylic acids is 1. The molecule has 1 aliphatic heterocycles. The topological polar surface area (TPSA) is 84.7 Å². The fourth-order valence-electron chi connectivity index (χ4n) is 2.94. The van der Waals surface area contributed by atoms with E-state index in [9.17, 15) is 14.9 Å². The van der Waals surface area contributed by atoms with E-state index in [1.54, 1.807) is 12.1 Å². The average molecular weight is 370 g/mol. The number of nitro groups is 1. The Labute approximate surface area is 152 Å². The molecule has 0 spiro atoms. The lowest BCUT2D eigenvalue weighted by Gasteiger charge is -2.25. The first-order valence-electron chi connectivity index (χ1n) is 8.25. The minimum Gasteiger partial charge on any atom is -0.444 e. The first kappa shape index (κ1) is 19.3. The molecule has 1 aliphatic rings. The van der Waals surface area contributed by atoms with Gasteiger partial charge < -0.3 is 15.0 Å². The zero-order valence-corrected chi connectivity index (χ0v) is 15.7. The molecule has 1 fully saturated rings. The van der Waals surface area contributed by atoms with Gasteiger partial charge in [-0.15, -0.1) is 0 Å². The van der Waals surface area contributed by atoms with E-state index in [2.05, 4.69) is 5.32 Å². The first-order valence-corrected chi connectivity index (χ1v) is 8.63. The van der Waals surface area contributed by atoms with Crippen LogP contribution in [0.1, 0.15) is 34.1 Å². The normalized spacial score (nSPS) is 18.8. The standard InChI is InChI=1S/C17H24ClN3O4/c1-11(19-16(22)25-17(2,3)4)12-7-8-20(10-12)14-6-5-13(18)9-15(14)21(23)24/h5-6,9,11-12H,7-8,10H2,1-4H3,(H,19,22)/t11-,12-/m0/s1. The zero-order chi connectivity index (χ0) is 18.8. The maximum Gasteiger partial charge on any atom is 0.407 e. The van der Waals surface area contributed by atoms with Crippen molar-refractivity contribution in [3.05, 3.63) is 33.3 Å². The van der Waals surface area contributed by atoms with Crippen molar-refractivity contribution < 1.29 is 14.5 Å². The molecular formula is C17H24ClN3O4. The lowest BCUT2D eigenvalue weighted by atomic mass is 10.0. The quantitative estimate of drug-likeness (QED) is 0.640. The van der Waals surface area contributed by atoms with E-state index in [1.807, 2.05) is 32.6 Å². The highest BCUT2D eigenvalue weighted by molar-refractivity contribution is 6.30. The third kappa shape index (κ3) is 5.22. The van der Waals surface area contributed by atoms with E-state index in [0.29, 0.717) is 23.8 Å². The highest BCUT2D eigenvalue weighted by atomic mass is 35.5. The largest absolute Gasteiger partial charge is 0.444 e. The number of nitro benzene ring substituents is 1. The Morgan fingerprint density at radius 1 is 1.48 bits per heavy atom. The van der Waals surface area contributed by atoms with E-state index >= 15 is 0 Å². The van der Waals surface area contributed by atoms with Gasteiger partial charge in [0, 0.05) is 30.2 Å². The van der Waals surface area contributed by atoms with E-state index in [1.165, 1.54) is 6.07 Å². The van der Waals surface area contributed by atoms with Crippen LogP contribution in [-0.4, -0.2) is 35.7 Å². The van der Waals surface area contributed by atoms with E-state index in [0.717, 1.165) is 6.42 Å². The molecule has 1 heterocycles. The molecule has 7 nitrogen and oxygen atoms in total. The number of carbonyl (C=O) groups is 1. The molecule has 0 radical (unpaired) electrons. The summed E-state index contributed by atoms with van der Waals surface area (Å²) in [5.41, 5.74) is 0.0115. The lowest BCUT2D eigenvalue weighted by molar-refractivity contribution is -0.384. The Balaban J connectivity index is 2.02. The third-order valence-electron chi connectivity index (χ3n) is 4.15. The monoisotopic (exact) mass is 369 g/mol. The third-order valence-corrected chi connectivity index (χ3v) is 4.39. The molecule has 0 aromatic heterocycles. The molecule has 1 amide bonds. The van der Waals surface area contributed by atoms with Crippen LogP contribution in [0.15, 0.2) is 18.2 Å². The van der Waals surface area contributed by atoms with E-state index in [-0.39, 0.29) is 17.6 Å². The van der Waals surface area contributed by atoms with Gasteiger partial charge in [0.15, 0.2) is 0 Å². The van der Waals surface area contributed by atoms with Crippen LogP contribution in [-0.2, 0) is 4.74 Å². The van der Waals surface area contributed by atoms with Gasteiger partial charge in [0.2, 0.25) is 0 Å². The van der Waals surface area contributed by atoms with Gasteiger partial charge >= 0.3 is 6.09 Å². The van der Waals surface area contributed by atoms with Crippen molar-refractivity contribution in [2.75, 3.05) is 18.0 Å². The van der Waals surface area contributed by atoms with Crippen LogP contribution < -0.4 is 10.2 Å². The van der Waals surface area contributed by atoms with Crippen LogP contribution in [0.5, 0.6) is 0 Å². The number of halogens is 1. The summed E-state index contributed by atoms with van der Waals surface area (Å²) >= 11 is 5.87. The predicted octanol–water partition coefficient (Wildman–Crippen LogP) is 3.99. The number of ether oxygens (including phenoxy) is 1. The number of hydrogen-bond acceptors (Lipinski definition) is 5. The fraction of sp³-hybridized carbons (Fsp3) is 0.588. The summed E-state index contributed by atoms with van der Waals surface area (Å²) in [4.78, 5) is 24.7. The first-order chi connectivity index (χ1) is 11.6. The molecule has 0 unspecified atom stereocenters. The summed E-state index contributed by atoms with van der Waals surface area (Å²) in [6, 6.07) is 4.60. The van der Waals surface area contributed by atoms with Gasteiger partial charge in [-0.2, -0.15) is 0 Å². The number of rotatable bonds is 4. The van der Waals surface area contributed by atoms with Crippen molar-refractivity contribution in [3.63, 3.8) is 0 Å². The number of benzene rings is 1. The summed E-state index contributed by atoms with van der Waals surface area (Å²) in [5, 5.41) is 14.5. The molecular weight excluding hydrogens is 346 g/mol. The second-order valence-corrected chi connectivity index (χ2v) is 7.76. The van der Waals surface area contributed by atoms with Crippen LogP contribution in [0.25, 0.3) is 0 Å². The Bertz CT molecular complexity index is 660. The highest BCUT2D eigenvalue weighted by Gasteiger charge is 2.32. The molecule has 0 saturated carbocycles. The SMILES string of the molecule is C[C@H](NC(=O)OC(C)(C)C)[C@H]1CCN(c2ccc(Cl)cc2[N+](=O)[O-])C1. The number of alkyl carbamates (subject to hydrolysis) is 1. The van der Waals surface area contributed by atoms with Gasteiger partial charge in [0.25, 0.3) is 5.69 Å². The fourth-order valence-corrected chi connectivity index (χ4v) is 3.10. The second-order valence-electron chi connectivity index (χ2n) is 7.32. The Hall–Kier alpha value is -2.02. The number of nitrogens with one attached hydrogen (secondary N) is 1. The van der Waals surface area contributed by atoms with Gasteiger partial charge in [-0.1, -0.05) is 11.6 Å². The van der Waals surface area contributed by atoms with Crippen molar-refractivity contribution in [2.24, 2.45) is 5.92 Å². The Kier molecular flexibility index (Phi) is 5.77. The minimum atomic E-state index is -0.546. The van der Waals surface area contributed by atoms with Gasteiger partial charge in [-0.05, 0) is 52.2 Å². The maximum atomic E-state index is 11.9. The van der Waals surface area contributed by atoms with Crippen molar-refractivity contribution in [1.29, 1.82) is 0 Å². The summed E-state index contributed by atoms with van der Waals surface area (Å²) in [5.74, 6) is 0.183. The molecule has 2 rings (SSSR count). The zero-order valence-electron chi connectivity index (χ0n) is 14.9. The highest BCUT2D eigenvalue weighted by Crippen LogP contribution is 2.34. The summed E-state index contributed by atoms with van der Waals surface area (Å²) < 4.78 is 5.28. The van der Waals surface area contributed by atoms with Crippen molar-refractivity contribution in [1.82, 2.24) is 5.32 Å². The average Bonchev–Trinajstić information content (AvgIpc) is 2.94. The molecule has 0 bridgehead atoms. The minimum absolute atomic E-state index is 0.000838. The number of nitrogens with zero attached hydrogens (tertiary/aromatic N) is 2. The van der Waals surface area contributed by atoms with Crippen LogP contribution in [0.2, 0.25) is 5.02 Å². The smallest absolute Gasteiger partial charge is 0.407 e. The molecule has 1 saturated heterocycles. The molecule has 1 aromatic rings. The van der Waals surface area contributed by atoms with Crippen molar-refractivity contribution in [2.45, 2.75) is 45.8 Å². The summed E-state index contributed by atoms with van der Waals surface area (Å²) in [6.07, 6.45) is 0.382. The van der Waals surface area contributed by atoms with Gasteiger partial charge in [0.1, 0.15) is 11.3 Å². The van der Waals surface area contributed by atoms with Crippen LogP contribution >= 0.6 is 11.6 Å². The second kappa shape index (κ2) is 7.47. The van der Waals surface area contributed by atoms with E-state index in [4.69, 9.17) is 16.3 Å². The van der Waals surface area contributed by atoms with Gasteiger partial charge in [-0.25, -0.2) is 4.79 Å². The Morgan fingerprint density at radius 2 is 2.16 bits per heavy atom. The van der Waals surface area contributed by atoms with Gasteiger partial charge in [0.05, 0.1) is 4.92 Å². The number of anilines is 1. The predicted molar refractivity (Wildman–Crippen MR) is 97.3 cm³/mol. The molecule has 2 atom stereocenters.